The van der Waals surface area contributed by atoms with Crippen LogP contribution in [-0.4, -0.2) is 31.6 Å². The van der Waals surface area contributed by atoms with E-state index in [9.17, 15) is 4.79 Å². The van der Waals surface area contributed by atoms with E-state index < -0.39 is 5.97 Å². The normalized spacial score (nSPS) is 19.7. The zero-order valence-corrected chi connectivity index (χ0v) is 11.7. The number of hydrogen-bond donors (Lipinski definition) is 1. The molecule has 5 nitrogen and oxygen atoms in total. The SMILES string of the molecule is CC(=CCSc1nnc(C2CC2)n1C1CC1)C(=O)O. The van der Waals surface area contributed by atoms with Crippen LogP contribution in [0.15, 0.2) is 16.8 Å². The Bertz CT molecular complexity index is 530. The van der Waals surface area contributed by atoms with Crippen molar-refractivity contribution in [3.8, 4) is 0 Å². The highest BCUT2D eigenvalue weighted by Crippen LogP contribution is 2.45. The molecule has 0 unspecified atom stereocenters. The highest BCUT2D eigenvalue weighted by molar-refractivity contribution is 7.99. The number of aliphatic carboxylic acids is 1. The molecule has 1 heterocycles. The van der Waals surface area contributed by atoms with Crippen LogP contribution in [0.25, 0.3) is 0 Å². The van der Waals surface area contributed by atoms with Gasteiger partial charge in [0.2, 0.25) is 0 Å². The maximum absolute atomic E-state index is 10.7. The van der Waals surface area contributed by atoms with Crippen LogP contribution < -0.4 is 0 Å². The summed E-state index contributed by atoms with van der Waals surface area (Å²) in [6, 6.07) is 0.581. The van der Waals surface area contributed by atoms with Gasteiger partial charge >= 0.3 is 5.97 Å². The molecule has 102 valence electrons. The zero-order valence-electron chi connectivity index (χ0n) is 10.9. The lowest BCUT2D eigenvalue weighted by Crippen LogP contribution is -2.02. The maximum atomic E-state index is 10.7. The Labute approximate surface area is 116 Å². The van der Waals surface area contributed by atoms with Crippen LogP contribution in [0.2, 0.25) is 0 Å². The molecule has 2 aliphatic rings. The molecule has 0 saturated heterocycles. The molecular weight excluding hydrogens is 262 g/mol. The van der Waals surface area contributed by atoms with Gasteiger partial charge in [0.1, 0.15) is 5.82 Å². The lowest BCUT2D eigenvalue weighted by Gasteiger charge is -2.07. The zero-order chi connectivity index (χ0) is 13.4. The Morgan fingerprint density at radius 1 is 1.42 bits per heavy atom. The fraction of sp³-hybridized carbons (Fsp3) is 0.615. The van der Waals surface area contributed by atoms with Gasteiger partial charge in [-0.1, -0.05) is 17.8 Å². The summed E-state index contributed by atoms with van der Waals surface area (Å²) >= 11 is 1.58. The summed E-state index contributed by atoms with van der Waals surface area (Å²) in [5, 5.41) is 18.4. The summed E-state index contributed by atoms with van der Waals surface area (Å²) in [6.45, 7) is 1.62. The van der Waals surface area contributed by atoms with E-state index >= 15 is 0 Å². The highest BCUT2D eigenvalue weighted by Gasteiger charge is 2.36. The summed E-state index contributed by atoms with van der Waals surface area (Å²) in [5.41, 5.74) is 0.382. The van der Waals surface area contributed by atoms with E-state index in [1.54, 1.807) is 24.8 Å². The molecule has 19 heavy (non-hydrogen) atoms. The van der Waals surface area contributed by atoms with Crippen LogP contribution in [0.4, 0.5) is 0 Å². The van der Waals surface area contributed by atoms with Gasteiger partial charge < -0.3 is 9.67 Å². The molecule has 1 aromatic heterocycles. The molecule has 1 N–H and O–H groups in total. The van der Waals surface area contributed by atoms with Gasteiger partial charge in [-0.25, -0.2) is 4.79 Å². The third-order valence-corrected chi connectivity index (χ3v) is 4.35. The third-order valence-electron chi connectivity index (χ3n) is 3.48. The summed E-state index contributed by atoms with van der Waals surface area (Å²) in [6.07, 6.45) is 6.63. The molecule has 0 radical (unpaired) electrons. The molecule has 0 bridgehead atoms. The molecule has 3 rings (SSSR count). The molecular formula is C13H17N3O2S. The number of thioether (sulfide) groups is 1. The van der Waals surface area contributed by atoms with Crippen LogP contribution in [0, 0.1) is 0 Å². The molecule has 1 aromatic rings. The van der Waals surface area contributed by atoms with Crippen LogP contribution in [0.1, 0.15) is 50.4 Å². The summed E-state index contributed by atoms with van der Waals surface area (Å²) in [5.74, 6) is 1.53. The first kappa shape index (κ1) is 12.7. The fourth-order valence-corrected chi connectivity index (χ4v) is 2.97. The van der Waals surface area contributed by atoms with E-state index in [0.29, 0.717) is 23.3 Å². The van der Waals surface area contributed by atoms with Crippen LogP contribution in [-0.2, 0) is 4.79 Å². The van der Waals surface area contributed by atoms with E-state index in [1.807, 2.05) is 0 Å². The predicted molar refractivity (Wildman–Crippen MR) is 72.4 cm³/mol. The Hall–Kier alpha value is -1.30. The summed E-state index contributed by atoms with van der Waals surface area (Å²) in [4.78, 5) is 10.7. The van der Waals surface area contributed by atoms with Gasteiger partial charge in [-0.3, -0.25) is 0 Å². The van der Waals surface area contributed by atoms with Gasteiger partial charge in [0.05, 0.1) is 0 Å². The van der Waals surface area contributed by atoms with Crippen molar-refractivity contribution in [1.29, 1.82) is 0 Å². The van der Waals surface area contributed by atoms with E-state index in [2.05, 4.69) is 14.8 Å². The molecule has 0 amide bonds. The van der Waals surface area contributed by atoms with Crippen molar-refractivity contribution in [2.45, 2.75) is 49.7 Å². The third kappa shape index (κ3) is 2.83. The second-order valence-corrected chi connectivity index (χ2v) is 6.21. The van der Waals surface area contributed by atoms with Crippen molar-refractivity contribution in [3.63, 3.8) is 0 Å². The van der Waals surface area contributed by atoms with Crippen molar-refractivity contribution >= 4 is 17.7 Å². The van der Waals surface area contributed by atoms with Gasteiger partial charge in [0.15, 0.2) is 5.16 Å². The fourth-order valence-electron chi connectivity index (χ4n) is 2.01. The first-order valence-electron chi connectivity index (χ1n) is 6.64. The Kier molecular flexibility index (Phi) is 3.35. The molecule has 6 heteroatoms. The van der Waals surface area contributed by atoms with Crippen LogP contribution >= 0.6 is 11.8 Å². The molecule has 2 saturated carbocycles. The van der Waals surface area contributed by atoms with Gasteiger partial charge in [0, 0.05) is 23.3 Å². The number of carbonyl (C=O) groups is 1. The predicted octanol–water partition coefficient (Wildman–Crippen LogP) is 2.61. The number of hydrogen-bond acceptors (Lipinski definition) is 4. The number of rotatable bonds is 6. The van der Waals surface area contributed by atoms with Gasteiger partial charge in [0.25, 0.3) is 0 Å². The minimum atomic E-state index is -0.858. The Morgan fingerprint density at radius 3 is 2.74 bits per heavy atom. The molecule has 2 aliphatic carbocycles. The standard InChI is InChI=1S/C13H17N3O2S/c1-8(12(17)18)6-7-19-13-15-14-11(9-2-3-9)16(13)10-4-5-10/h6,9-10H,2-5,7H2,1H3,(H,17,18). The van der Waals surface area contributed by atoms with Crippen LogP contribution in [0.5, 0.6) is 0 Å². The molecule has 0 aromatic carbocycles. The average molecular weight is 279 g/mol. The maximum Gasteiger partial charge on any atom is 0.330 e. The lowest BCUT2D eigenvalue weighted by atomic mass is 10.3. The topological polar surface area (TPSA) is 68.0 Å². The number of carboxylic acid groups (broad SMARTS) is 1. The first-order valence-corrected chi connectivity index (χ1v) is 7.63. The minimum absolute atomic E-state index is 0.382. The molecule has 2 fully saturated rings. The van der Waals surface area contributed by atoms with Crippen molar-refractivity contribution in [2.75, 3.05) is 5.75 Å². The smallest absolute Gasteiger partial charge is 0.330 e. The average Bonchev–Trinajstić information content (AvgIpc) is 3.28. The molecule has 0 aliphatic heterocycles. The second kappa shape index (κ2) is 5.00. The number of aromatic nitrogens is 3. The molecule has 0 spiro atoms. The monoisotopic (exact) mass is 279 g/mol. The summed E-state index contributed by atoms with van der Waals surface area (Å²) < 4.78 is 2.28. The van der Waals surface area contributed by atoms with E-state index in [4.69, 9.17) is 5.11 Å². The number of nitrogens with zero attached hydrogens (tertiary/aromatic N) is 3. The minimum Gasteiger partial charge on any atom is -0.478 e. The quantitative estimate of drug-likeness (QED) is 0.640. The van der Waals surface area contributed by atoms with Crippen molar-refractivity contribution < 1.29 is 9.90 Å². The van der Waals surface area contributed by atoms with Crippen molar-refractivity contribution in [3.05, 3.63) is 17.5 Å². The van der Waals surface area contributed by atoms with E-state index in [0.717, 1.165) is 11.0 Å². The van der Waals surface area contributed by atoms with Crippen molar-refractivity contribution in [1.82, 2.24) is 14.8 Å². The Morgan fingerprint density at radius 2 is 2.16 bits per heavy atom. The molecule has 0 atom stereocenters. The van der Waals surface area contributed by atoms with E-state index in [-0.39, 0.29) is 0 Å². The van der Waals surface area contributed by atoms with Gasteiger partial charge in [-0.2, -0.15) is 0 Å². The van der Waals surface area contributed by atoms with Gasteiger partial charge in [-0.15, -0.1) is 10.2 Å². The van der Waals surface area contributed by atoms with Crippen LogP contribution in [0.3, 0.4) is 0 Å². The Balaban J connectivity index is 1.70. The van der Waals surface area contributed by atoms with Crippen molar-refractivity contribution in [2.24, 2.45) is 0 Å². The largest absolute Gasteiger partial charge is 0.478 e. The second-order valence-electron chi connectivity index (χ2n) is 5.22. The first-order chi connectivity index (χ1) is 9.16. The van der Waals surface area contributed by atoms with Gasteiger partial charge in [-0.05, 0) is 32.6 Å². The number of carboxylic acids is 1. The highest BCUT2D eigenvalue weighted by atomic mass is 32.2. The summed E-state index contributed by atoms with van der Waals surface area (Å²) in [7, 11) is 0. The lowest BCUT2D eigenvalue weighted by molar-refractivity contribution is -0.132. The van der Waals surface area contributed by atoms with E-state index in [1.165, 1.54) is 25.7 Å².